The summed E-state index contributed by atoms with van der Waals surface area (Å²) in [5.74, 6) is -0.0596. The SMILES string of the molecule is O=C(NC(CC1CC1)C(=O)N1CCC2OCC(=O)C21)c1ccc(-c2csnn2)cc1. The van der Waals surface area contributed by atoms with Gasteiger partial charge in [0.05, 0.1) is 6.10 Å². The zero-order valence-electron chi connectivity index (χ0n) is 16.3. The summed E-state index contributed by atoms with van der Waals surface area (Å²) in [4.78, 5) is 39.9. The number of fused-ring (bicyclic) bond motifs is 1. The number of rotatable bonds is 6. The summed E-state index contributed by atoms with van der Waals surface area (Å²) in [6.45, 7) is 0.562. The molecule has 3 heterocycles. The van der Waals surface area contributed by atoms with Gasteiger partial charge in [-0.25, -0.2) is 0 Å². The first-order valence-electron chi connectivity index (χ1n) is 10.2. The van der Waals surface area contributed by atoms with E-state index in [2.05, 4.69) is 14.9 Å². The number of ketones is 1. The van der Waals surface area contributed by atoms with Crippen LogP contribution in [0.5, 0.6) is 0 Å². The number of Topliss-reactive ketones (excluding diaryl/α,β-unsaturated/α-hetero) is 1. The van der Waals surface area contributed by atoms with E-state index >= 15 is 0 Å². The number of amides is 2. The van der Waals surface area contributed by atoms with Crippen molar-refractivity contribution in [3.63, 3.8) is 0 Å². The Morgan fingerprint density at radius 2 is 2.03 bits per heavy atom. The number of hydrogen-bond donors (Lipinski definition) is 1. The predicted molar refractivity (Wildman–Crippen MR) is 109 cm³/mol. The Labute approximate surface area is 177 Å². The van der Waals surface area contributed by atoms with Crippen LogP contribution in [0.1, 0.15) is 36.0 Å². The number of likely N-dealkylation sites (tertiary alicyclic amines) is 1. The molecule has 156 valence electrons. The van der Waals surface area contributed by atoms with Gasteiger partial charge in [0.1, 0.15) is 24.4 Å². The van der Waals surface area contributed by atoms with Crippen LogP contribution in [0, 0.1) is 5.92 Å². The van der Waals surface area contributed by atoms with Crippen molar-refractivity contribution in [2.24, 2.45) is 5.92 Å². The molecule has 9 heteroatoms. The van der Waals surface area contributed by atoms with E-state index in [0.29, 0.717) is 30.9 Å². The Balaban J connectivity index is 1.30. The van der Waals surface area contributed by atoms with E-state index in [9.17, 15) is 14.4 Å². The highest BCUT2D eigenvalue weighted by Gasteiger charge is 2.48. The van der Waals surface area contributed by atoms with E-state index in [0.717, 1.165) is 24.1 Å². The maximum Gasteiger partial charge on any atom is 0.251 e. The fourth-order valence-corrected chi connectivity index (χ4v) is 4.74. The fourth-order valence-electron chi connectivity index (χ4n) is 4.27. The van der Waals surface area contributed by atoms with Crippen LogP contribution < -0.4 is 5.32 Å². The normalized spacial score (nSPS) is 24.0. The monoisotopic (exact) mass is 426 g/mol. The van der Waals surface area contributed by atoms with Crippen LogP contribution in [0.2, 0.25) is 0 Å². The Bertz CT molecular complexity index is 958. The number of nitrogens with one attached hydrogen (secondary N) is 1. The first-order valence-corrected chi connectivity index (χ1v) is 11.1. The van der Waals surface area contributed by atoms with E-state index in [4.69, 9.17) is 4.74 Å². The summed E-state index contributed by atoms with van der Waals surface area (Å²) in [6.07, 6.45) is 3.22. The molecule has 1 aliphatic carbocycles. The highest BCUT2D eigenvalue weighted by Crippen LogP contribution is 2.35. The molecule has 2 amide bonds. The van der Waals surface area contributed by atoms with E-state index < -0.39 is 12.1 Å². The lowest BCUT2D eigenvalue weighted by Crippen LogP contribution is -2.52. The second kappa shape index (κ2) is 7.88. The molecule has 1 saturated carbocycles. The second-order valence-electron chi connectivity index (χ2n) is 8.15. The van der Waals surface area contributed by atoms with Crippen LogP contribution in [0.3, 0.4) is 0 Å². The molecule has 2 aliphatic heterocycles. The van der Waals surface area contributed by atoms with Crippen molar-refractivity contribution in [3.8, 4) is 11.3 Å². The molecular weight excluding hydrogens is 404 g/mol. The summed E-state index contributed by atoms with van der Waals surface area (Å²) in [5.41, 5.74) is 2.13. The number of aromatic nitrogens is 2. The Kier molecular flexibility index (Phi) is 5.08. The lowest BCUT2D eigenvalue weighted by atomic mass is 10.1. The lowest BCUT2D eigenvalue weighted by molar-refractivity contribution is -0.138. The zero-order chi connectivity index (χ0) is 20.7. The van der Waals surface area contributed by atoms with Crippen LogP contribution in [0.4, 0.5) is 0 Å². The van der Waals surface area contributed by atoms with Gasteiger partial charge >= 0.3 is 0 Å². The molecule has 1 aromatic heterocycles. The number of ether oxygens (including phenoxy) is 1. The molecule has 3 aliphatic rings. The van der Waals surface area contributed by atoms with Gasteiger partial charge in [0.25, 0.3) is 5.91 Å². The highest BCUT2D eigenvalue weighted by molar-refractivity contribution is 7.03. The van der Waals surface area contributed by atoms with Crippen molar-refractivity contribution < 1.29 is 19.1 Å². The molecule has 0 radical (unpaired) electrons. The minimum absolute atomic E-state index is 0.0468. The lowest BCUT2D eigenvalue weighted by Gasteiger charge is -2.27. The second-order valence-corrected chi connectivity index (χ2v) is 8.76. The first kappa shape index (κ1) is 19.3. The summed E-state index contributed by atoms with van der Waals surface area (Å²) >= 11 is 1.27. The molecule has 3 unspecified atom stereocenters. The molecule has 1 aromatic carbocycles. The number of nitrogens with zero attached hydrogens (tertiary/aromatic N) is 3. The molecular formula is C21H22N4O4S. The molecule has 8 nitrogen and oxygen atoms in total. The minimum Gasteiger partial charge on any atom is -0.368 e. The quantitative estimate of drug-likeness (QED) is 0.754. The molecule has 2 saturated heterocycles. The van der Waals surface area contributed by atoms with Gasteiger partial charge in [0, 0.05) is 23.1 Å². The molecule has 2 aromatic rings. The Morgan fingerprint density at radius 1 is 1.23 bits per heavy atom. The van der Waals surface area contributed by atoms with Gasteiger partial charge in [0.15, 0.2) is 5.78 Å². The fraction of sp³-hybridized carbons (Fsp3) is 0.476. The van der Waals surface area contributed by atoms with Crippen LogP contribution in [0.25, 0.3) is 11.3 Å². The molecule has 3 atom stereocenters. The van der Waals surface area contributed by atoms with Crippen LogP contribution in [-0.4, -0.2) is 63.4 Å². The summed E-state index contributed by atoms with van der Waals surface area (Å²) in [6, 6.07) is 5.97. The van der Waals surface area contributed by atoms with Gasteiger partial charge in [-0.1, -0.05) is 29.5 Å². The molecule has 5 rings (SSSR count). The molecule has 3 fully saturated rings. The van der Waals surface area contributed by atoms with Crippen molar-refractivity contribution in [1.82, 2.24) is 19.8 Å². The standard InChI is InChI=1S/C21H22N4O4S/c26-17-10-29-18-7-8-25(19(17)18)21(28)15(9-12-1-2-12)22-20(27)14-5-3-13(4-6-14)16-11-30-24-23-16/h3-6,11-12,15,18-19H,1-2,7-10H2,(H,22,27). The number of carbonyl (C=O) groups excluding carboxylic acids is 3. The number of benzene rings is 1. The maximum atomic E-state index is 13.3. The van der Waals surface area contributed by atoms with E-state index in [1.54, 1.807) is 17.0 Å². The van der Waals surface area contributed by atoms with Gasteiger partial charge in [-0.15, -0.1) is 5.10 Å². The zero-order valence-corrected chi connectivity index (χ0v) is 17.1. The van der Waals surface area contributed by atoms with Crippen molar-refractivity contribution >= 4 is 29.1 Å². The Hall–Kier alpha value is -2.65. The van der Waals surface area contributed by atoms with E-state index in [1.165, 1.54) is 11.5 Å². The van der Waals surface area contributed by atoms with Gasteiger partial charge < -0.3 is 15.0 Å². The molecule has 30 heavy (non-hydrogen) atoms. The van der Waals surface area contributed by atoms with Gasteiger partial charge in [-0.3, -0.25) is 14.4 Å². The molecule has 1 N–H and O–H groups in total. The third-order valence-corrected chi connectivity index (χ3v) is 6.57. The van der Waals surface area contributed by atoms with Crippen molar-refractivity contribution in [2.75, 3.05) is 13.2 Å². The topological polar surface area (TPSA) is 101 Å². The molecule has 0 bridgehead atoms. The number of hydrogen-bond acceptors (Lipinski definition) is 7. The van der Waals surface area contributed by atoms with Crippen LogP contribution in [-0.2, 0) is 14.3 Å². The smallest absolute Gasteiger partial charge is 0.251 e. The number of carbonyl (C=O) groups is 3. The van der Waals surface area contributed by atoms with Crippen molar-refractivity contribution in [2.45, 2.75) is 43.9 Å². The van der Waals surface area contributed by atoms with E-state index in [1.807, 2.05) is 17.5 Å². The van der Waals surface area contributed by atoms with Crippen molar-refractivity contribution in [3.05, 3.63) is 35.2 Å². The molecule has 0 spiro atoms. The maximum absolute atomic E-state index is 13.3. The summed E-state index contributed by atoms with van der Waals surface area (Å²) in [7, 11) is 0. The largest absolute Gasteiger partial charge is 0.368 e. The average Bonchev–Trinajstić information content (AvgIpc) is 3.13. The van der Waals surface area contributed by atoms with Gasteiger partial charge in [0.2, 0.25) is 5.91 Å². The van der Waals surface area contributed by atoms with Crippen molar-refractivity contribution in [1.29, 1.82) is 0 Å². The van der Waals surface area contributed by atoms with Crippen LogP contribution in [0.15, 0.2) is 29.6 Å². The van der Waals surface area contributed by atoms with Crippen LogP contribution >= 0.6 is 11.5 Å². The van der Waals surface area contributed by atoms with E-state index in [-0.39, 0.29) is 30.3 Å². The van der Waals surface area contributed by atoms with Gasteiger partial charge in [-0.05, 0) is 42.4 Å². The van der Waals surface area contributed by atoms with Gasteiger partial charge in [-0.2, -0.15) is 0 Å². The Morgan fingerprint density at radius 3 is 2.73 bits per heavy atom. The minimum atomic E-state index is -0.625. The predicted octanol–water partition coefficient (Wildman–Crippen LogP) is 1.67. The third-order valence-electron chi connectivity index (χ3n) is 6.07. The summed E-state index contributed by atoms with van der Waals surface area (Å²) < 4.78 is 9.35. The third kappa shape index (κ3) is 3.75. The highest BCUT2D eigenvalue weighted by atomic mass is 32.1. The summed E-state index contributed by atoms with van der Waals surface area (Å²) in [5, 5.41) is 8.79. The first-order chi connectivity index (χ1) is 14.6. The average molecular weight is 426 g/mol.